The van der Waals surface area contributed by atoms with Crippen LogP contribution in [0.3, 0.4) is 0 Å². The Hall–Kier alpha value is -0.810. The van der Waals surface area contributed by atoms with Crippen molar-refractivity contribution in [2.45, 2.75) is 38.8 Å². The molecular weight excluding hydrogens is 264 g/mol. The maximum atomic E-state index is 6.04. The highest BCUT2D eigenvalue weighted by Crippen LogP contribution is 2.27. The number of benzene rings is 1. The molecule has 0 bridgehead atoms. The third-order valence-corrected chi connectivity index (χ3v) is 3.46. The van der Waals surface area contributed by atoms with Crippen LogP contribution in [-0.4, -0.2) is 25.4 Å². The molecule has 0 aliphatic carbocycles. The van der Waals surface area contributed by atoms with Gasteiger partial charge in [-0.05, 0) is 51.0 Å². The standard InChI is InChI=1S/C14H23ClN2O2/c1-5-19-14(2,3)13(17-16)9-10-8-11(15)6-7-12(10)18-4/h6-8,13,17H,5,9,16H2,1-4H3. The Morgan fingerprint density at radius 1 is 1.42 bits per heavy atom. The molecule has 1 atom stereocenters. The quantitative estimate of drug-likeness (QED) is 0.597. The first-order chi connectivity index (χ1) is 8.94. The van der Waals surface area contributed by atoms with Crippen molar-refractivity contribution in [3.8, 4) is 5.75 Å². The van der Waals surface area contributed by atoms with Gasteiger partial charge < -0.3 is 9.47 Å². The van der Waals surface area contributed by atoms with Gasteiger partial charge in [0.1, 0.15) is 5.75 Å². The number of methoxy groups -OCH3 is 1. The fourth-order valence-corrected chi connectivity index (χ4v) is 2.30. The molecule has 3 N–H and O–H groups in total. The van der Waals surface area contributed by atoms with E-state index < -0.39 is 0 Å². The molecule has 1 aromatic rings. The highest BCUT2D eigenvalue weighted by atomic mass is 35.5. The molecule has 0 heterocycles. The van der Waals surface area contributed by atoms with Crippen LogP contribution < -0.4 is 16.0 Å². The fourth-order valence-electron chi connectivity index (χ4n) is 2.10. The van der Waals surface area contributed by atoms with E-state index in [9.17, 15) is 0 Å². The van der Waals surface area contributed by atoms with E-state index in [1.54, 1.807) is 7.11 Å². The Labute approximate surface area is 120 Å². The second-order valence-corrected chi connectivity index (χ2v) is 5.35. The first-order valence-electron chi connectivity index (χ1n) is 6.37. The minimum atomic E-state index is -0.378. The molecular formula is C14H23ClN2O2. The highest BCUT2D eigenvalue weighted by molar-refractivity contribution is 6.30. The Kier molecular flexibility index (Phi) is 6.07. The van der Waals surface area contributed by atoms with Gasteiger partial charge in [-0.1, -0.05) is 11.6 Å². The number of rotatable bonds is 7. The zero-order valence-electron chi connectivity index (χ0n) is 12.0. The fraction of sp³-hybridized carbons (Fsp3) is 0.571. The second kappa shape index (κ2) is 7.10. The van der Waals surface area contributed by atoms with Gasteiger partial charge >= 0.3 is 0 Å². The minimum Gasteiger partial charge on any atom is -0.496 e. The molecule has 0 amide bonds. The van der Waals surface area contributed by atoms with Crippen LogP contribution in [0.15, 0.2) is 18.2 Å². The van der Waals surface area contributed by atoms with E-state index in [0.717, 1.165) is 11.3 Å². The summed E-state index contributed by atoms with van der Waals surface area (Å²) in [5, 5.41) is 0.681. The Bertz CT molecular complexity index is 410. The van der Waals surface area contributed by atoms with Gasteiger partial charge in [0.15, 0.2) is 0 Å². The SMILES string of the molecule is CCOC(C)(C)C(Cc1cc(Cl)ccc1OC)NN. The van der Waals surface area contributed by atoms with Crippen molar-refractivity contribution < 1.29 is 9.47 Å². The molecule has 0 aliphatic heterocycles. The summed E-state index contributed by atoms with van der Waals surface area (Å²) in [6, 6.07) is 5.52. The summed E-state index contributed by atoms with van der Waals surface area (Å²) < 4.78 is 11.1. The lowest BCUT2D eigenvalue weighted by molar-refractivity contribution is -0.0381. The summed E-state index contributed by atoms with van der Waals surface area (Å²) >= 11 is 6.04. The van der Waals surface area contributed by atoms with Crippen LogP contribution in [0.5, 0.6) is 5.75 Å². The van der Waals surface area contributed by atoms with Crippen molar-refractivity contribution in [2.24, 2.45) is 5.84 Å². The topological polar surface area (TPSA) is 56.5 Å². The van der Waals surface area contributed by atoms with Gasteiger partial charge in [-0.2, -0.15) is 0 Å². The monoisotopic (exact) mass is 286 g/mol. The smallest absolute Gasteiger partial charge is 0.122 e. The number of hydrogen-bond acceptors (Lipinski definition) is 4. The summed E-state index contributed by atoms with van der Waals surface area (Å²) in [7, 11) is 1.64. The molecule has 0 saturated carbocycles. The van der Waals surface area contributed by atoms with Crippen LogP contribution in [0.2, 0.25) is 5.02 Å². The van der Waals surface area contributed by atoms with E-state index in [2.05, 4.69) is 5.43 Å². The van der Waals surface area contributed by atoms with Gasteiger partial charge in [0, 0.05) is 11.6 Å². The van der Waals surface area contributed by atoms with Gasteiger partial charge in [0.05, 0.1) is 18.8 Å². The highest BCUT2D eigenvalue weighted by Gasteiger charge is 2.30. The third kappa shape index (κ3) is 4.35. The van der Waals surface area contributed by atoms with Gasteiger partial charge in [-0.25, -0.2) is 0 Å². The summed E-state index contributed by atoms with van der Waals surface area (Å²) in [6.07, 6.45) is 0.674. The number of nitrogens with two attached hydrogens (primary N) is 1. The molecule has 0 aromatic heterocycles. The molecule has 5 heteroatoms. The zero-order chi connectivity index (χ0) is 14.5. The van der Waals surface area contributed by atoms with E-state index in [1.165, 1.54) is 0 Å². The minimum absolute atomic E-state index is 0.0418. The molecule has 0 fully saturated rings. The number of hydrogen-bond donors (Lipinski definition) is 2. The summed E-state index contributed by atoms with van der Waals surface area (Å²) in [6.45, 7) is 6.63. The van der Waals surface area contributed by atoms with Crippen LogP contribution in [0.25, 0.3) is 0 Å². The van der Waals surface area contributed by atoms with Gasteiger partial charge in [-0.3, -0.25) is 11.3 Å². The predicted molar refractivity (Wildman–Crippen MR) is 78.5 cm³/mol. The third-order valence-electron chi connectivity index (χ3n) is 3.22. The molecule has 0 spiro atoms. The molecule has 1 unspecified atom stereocenters. The van der Waals surface area contributed by atoms with Crippen molar-refractivity contribution in [2.75, 3.05) is 13.7 Å². The van der Waals surface area contributed by atoms with E-state index in [4.69, 9.17) is 26.9 Å². The maximum absolute atomic E-state index is 6.04. The summed E-state index contributed by atoms with van der Waals surface area (Å²) in [5.41, 5.74) is 3.45. The predicted octanol–water partition coefficient (Wildman–Crippen LogP) is 2.54. The number of halogens is 1. The molecule has 1 aromatic carbocycles. The summed E-state index contributed by atoms with van der Waals surface area (Å²) in [4.78, 5) is 0. The van der Waals surface area contributed by atoms with Crippen molar-refractivity contribution in [1.82, 2.24) is 5.43 Å². The second-order valence-electron chi connectivity index (χ2n) is 4.92. The van der Waals surface area contributed by atoms with Crippen molar-refractivity contribution in [3.63, 3.8) is 0 Å². The lowest BCUT2D eigenvalue weighted by Gasteiger charge is -2.34. The van der Waals surface area contributed by atoms with E-state index >= 15 is 0 Å². The lowest BCUT2D eigenvalue weighted by atomic mass is 9.92. The van der Waals surface area contributed by atoms with Crippen molar-refractivity contribution >= 4 is 11.6 Å². The molecule has 19 heavy (non-hydrogen) atoms. The maximum Gasteiger partial charge on any atom is 0.122 e. The first-order valence-corrected chi connectivity index (χ1v) is 6.75. The average Bonchev–Trinajstić information content (AvgIpc) is 2.35. The molecule has 0 radical (unpaired) electrons. The Balaban J connectivity index is 2.95. The molecule has 108 valence electrons. The van der Waals surface area contributed by atoms with E-state index in [1.807, 2.05) is 39.0 Å². The van der Waals surface area contributed by atoms with Crippen LogP contribution >= 0.6 is 11.6 Å². The molecule has 1 rings (SSSR count). The van der Waals surface area contributed by atoms with Crippen LogP contribution in [0.4, 0.5) is 0 Å². The van der Waals surface area contributed by atoms with Crippen LogP contribution in [0.1, 0.15) is 26.3 Å². The first kappa shape index (κ1) is 16.2. The lowest BCUT2D eigenvalue weighted by Crippen LogP contribution is -2.52. The van der Waals surface area contributed by atoms with Gasteiger partial charge in [0.25, 0.3) is 0 Å². The molecule has 0 saturated heterocycles. The number of ether oxygens (including phenoxy) is 2. The zero-order valence-corrected chi connectivity index (χ0v) is 12.8. The summed E-state index contributed by atoms with van der Waals surface area (Å²) in [5.74, 6) is 6.47. The van der Waals surface area contributed by atoms with Crippen LogP contribution in [-0.2, 0) is 11.2 Å². The van der Waals surface area contributed by atoms with Crippen molar-refractivity contribution in [3.05, 3.63) is 28.8 Å². The van der Waals surface area contributed by atoms with Gasteiger partial charge in [-0.15, -0.1) is 0 Å². The normalized spacial score (nSPS) is 13.4. The average molecular weight is 287 g/mol. The number of hydrazine groups is 1. The van der Waals surface area contributed by atoms with E-state index in [-0.39, 0.29) is 11.6 Å². The molecule has 0 aliphatic rings. The molecule has 4 nitrogen and oxygen atoms in total. The Morgan fingerprint density at radius 2 is 2.11 bits per heavy atom. The largest absolute Gasteiger partial charge is 0.496 e. The van der Waals surface area contributed by atoms with Crippen LogP contribution in [0, 0.1) is 0 Å². The number of nitrogens with one attached hydrogen (secondary N) is 1. The van der Waals surface area contributed by atoms with E-state index in [0.29, 0.717) is 18.1 Å². The van der Waals surface area contributed by atoms with Gasteiger partial charge in [0.2, 0.25) is 0 Å². The Morgan fingerprint density at radius 3 is 2.63 bits per heavy atom. The van der Waals surface area contributed by atoms with Crippen molar-refractivity contribution in [1.29, 1.82) is 0 Å².